The first-order chi connectivity index (χ1) is 17.0. The Bertz CT molecular complexity index is 1290. The smallest absolute Gasteiger partial charge is 0.251 e. The topological polar surface area (TPSA) is 78.1 Å². The zero-order chi connectivity index (χ0) is 24.6. The second kappa shape index (κ2) is 11.2. The Morgan fingerprint density at radius 3 is 2.37 bits per heavy atom. The zero-order valence-electron chi connectivity index (χ0n) is 19.5. The van der Waals surface area contributed by atoms with Gasteiger partial charge >= 0.3 is 0 Å². The lowest BCUT2D eigenvalue weighted by Crippen LogP contribution is -2.38. The molecule has 35 heavy (non-hydrogen) atoms. The van der Waals surface area contributed by atoms with Crippen molar-refractivity contribution in [1.82, 2.24) is 20.4 Å². The Kier molecular flexibility index (Phi) is 7.67. The molecular weight excluding hydrogens is 443 g/mol. The fourth-order valence-corrected chi connectivity index (χ4v) is 3.75. The first-order valence-electron chi connectivity index (χ1n) is 11.5. The lowest BCUT2D eigenvalue weighted by Gasteiger charge is -2.17. The molecule has 0 spiro atoms. The van der Waals surface area contributed by atoms with Gasteiger partial charge in [0.2, 0.25) is 5.91 Å². The lowest BCUT2D eigenvalue weighted by atomic mass is 10.0. The average Bonchev–Trinajstić information content (AvgIpc) is 3.36. The Labute approximate surface area is 203 Å². The summed E-state index contributed by atoms with van der Waals surface area (Å²) in [5.41, 5.74) is 4.93. The number of benzene rings is 3. The van der Waals surface area contributed by atoms with E-state index in [1.165, 1.54) is 12.1 Å². The van der Waals surface area contributed by atoms with E-state index in [-0.39, 0.29) is 24.2 Å². The van der Waals surface area contributed by atoms with Gasteiger partial charge in [-0.15, -0.1) is 0 Å². The molecule has 0 aliphatic carbocycles. The van der Waals surface area contributed by atoms with Gasteiger partial charge in [0.25, 0.3) is 5.91 Å². The standard InChI is InChI=1S/C28H27FN4O2/c1-33(16-6-11-25-18-26(32-31-25)23-9-5-10-24(29)17-23)27(34)19-30-28(35)22-14-12-21(13-15-22)20-7-3-2-4-8-20/h2-5,7-10,12-15,17-18H,6,11,16,19H2,1H3,(H,30,35)(H,31,32). The maximum absolute atomic E-state index is 13.4. The first kappa shape index (κ1) is 23.9. The second-order valence-electron chi connectivity index (χ2n) is 8.33. The minimum absolute atomic E-state index is 0.0659. The van der Waals surface area contributed by atoms with Gasteiger partial charge in [-0.25, -0.2) is 4.39 Å². The van der Waals surface area contributed by atoms with Crippen molar-refractivity contribution in [1.29, 1.82) is 0 Å². The molecule has 0 unspecified atom stereocenters. The molecule has 4 rings (SSSR count). The summed E-state index contributed by atoms with van der Waals surface area (Å²) in [6.45, 7) is 0.471. The van der Waals surface area contributed by atoms with Crippen LogP contribution in [0.15, 0.2) is 84.9 Å². The molecule has 1 heterocycles. The second-order valence-corrected chi connectivity index (χ2v) is 8.33. The Morgan fingerprint density at radius 2 is 1.63 bits per heavy atom. The van der Waals surface area contributed by atoms with Gasteiger partial charge in [0.1, 0.15) is 5.82 Å². The van der Waals surface area contributed by atoms with Crippen molar-refractivity contribution in [3.8, 4) is 22.4 Å². The number of nitrogens with one attached hydrogen (secondary N) is 2. The minimum Gasteiger partial charge on any atom is -0.344 e. The monoisotopic (exact) mass is 470 g/mol. The van der Waals surface area contributed by atoms with Crippen LogP contribution in [-0.4, -0.2) is 47.0 Å². The summed E-state index contributed by atoms with van der Waals surface area (Å²) in [5, 5.41) is 9.90. The molecule has 0 saturated carbocycles. The number of nitrogens with zero attached hydrogens (tertiary/aromatic N) is 2. The van der Waals surface area contributed by atoms with Gasteiger partial charge in [0.05, 0.1) is 12.2 Å². The Morgan fingerprint density at radius 1 is 0.914 bits per heavy atom. The van der Waals surface area contributed by atoms with Crippen LogP contribution in [-0.2, 0) is 11.2 Å². The number of rotatable bonds is 9. The molecule has 2 N–H and O–H groups in total. The van der Waals surface area contributed by atoms with Gasteiger partial charge < -0.3 is 10.2 Å². The number of carbonyl (C=O) groups excluding carboxylic acids is 2. The highest BCUT2D eigenvalue weighted by Gasteiger charge is 2.12. The summed E-state index contributed by atoms with van der Waals surface area (Å²) in [7, 11) is 1.72. The Hall–Kier alpha value is -4.26. The van der Waals surface area contributed by atoms with Crippen molar-refractivity contribution >= 4 is 11.8 Å². The molecule has 178 valence electrons. The highest BCUT2D eigenvalue weighted by molar-refractivity contribution is 5.96. The van der Waals surface area contributed by atoms with Crippen molar-refractivity contribution in [2.75, 3.05) is 20.1 Å². The molecule has 0 radical (unpaired) electrons. The summed E-state index contributed by atoms with van der Waals surface area (Å²) in [6.07, 6.45) is 1.42. The van der Waals surface area contributed by atoms with Crippen molar-refractivity contribution in [3.63, 3.8) is 0 Å². The Balaban J connectivity index is 1.21. The third-order valence-electron chi connectivity index (χ3n) is 5.77. The number of likely N-dealkylation sites (N-methyl/N-ethyl adjacent to an activating group) is 1. The predicted molar refractivity (Wildman–Crippen MR) is 134 cm³/mol. The summed E-state index contributed by atoms with van der Waals surface area (Å²) >= 11 is 0. The van der Waals surface area contributed by atoms with Gasteiger partial charge in [-0.3, -0.25) is 14.7 Å². The number of aromatic nitrogens is 2. The average molecular weight is 471 g/mol. The third kappa shape index (κ3) is 6.41. The summed E-state index contributed by atoms with van der Waals surface area (Å²) in [5.74, 6) is -0.749. The molecule has 3 aromatic carbocycles. The number of H-pyrrole nitrogens is 1. The highest BCUT2D eigenvalue weighted by Crippen LogP contribution is 2.20. The molecule has 0 saturated heterocycles. The largest absolute Gasteiger partial charge is 0.344 e. The van der Waals surface area contributed by atoms with Gasteiger partial charge in [0, 0.05) is 30.4 Å². The van der Waals surface area contributed by atoms with Crippen LogP contribution in [0.3, 0.4) is 0 Å². The van der Waals surface area contributed by atoms with Crippen molar-refractivity contribution in [3.05, 3.63) is 102 Å². The molecule has 0 fully saturated rings. The minimum atomic E-state index is -0.302. The van der Waals surface area contributed by atoms with Crippen LogP contribution >= 0.6 is 0 Å². The third-order valence-corrected chi connectivity index (χ3v) is 5.77. The van der Waals surface area contributed by atoms with Crippen molar-refractivity contribution in [2.24, 2.45) is 0 Å². The highest BCUT2D eigenvalue weighted by atomic mass is 19.1. The van der Waals surface area contributed by atoms with Gasteiger partial charge in [-0.1, -0.05) is 54.6 Å². The molecule has 0 aliphatic heterocycles. The summed E-state index contributed by atoms with van der Waals surface area (Å²) < 4.78 is 13.4. The van der Waals surface area contributed by atoms with Crippen LogP contribution in [0.2, 0.25) is 0 Å². The number of amides is 2. The molecule has 0 bridgehead atoms. The van der Waals surface area contributed by atoms with E-state index in [9.17, 15) is 14.0 Å². The van der Waals surface area contributed by atoms with Crippen LogP contribution in [0.5, 0.6) is 0 Å². The van der Waals surface area contributed by atoms with Crippen molar-refractivity contribution < 1.29 is 14.0 Å². The van der Waals surface area contributed by atoms with Gasteiger partial charge in [-0.2, -0.15) is 5.10 Å². The molecule has 1 aromatic heterocycles. The van der Waals surface area contributed by atoms with E-state index in [2.05, 4.69) is 15.5 Å². The normalized spacial score (nSPS) is 10.7. The number of halogens is 1. The maximum Gasteiger partial charge on any atom is 0.251 e. The molecule has 0 atom stereocenters. The van der Waals surface area contributed by atoms with E-state index in [1.54, 1.807) is 36.2 Å². The van der Waals surface area contributed by atoms with E-state index < -0.39 is 0 Å². The molecule has 6 nitrogen and oxygen atoms in total. The van der Waals surface area contributed by atoms with Gasteiger partial charge in [0.15, 0.2) is 0 Å². The zero-order valence-corrected chi connectivity index (χ0v) is 19.5. The lowest BCUT2D eigenvalue weighted by molar-refractivity contribution is -0.128. The molecule has 7 heteroatoms. The number of aryl methyl sites for hydroxylation is 1. The van der Waals surface area contributed by atoms with Crippen LogP contribution in [0.4, 0.5) is 4.39 Å². The summed E-state index contributed by atoms with van der Waals surface area (Å²) in [4.78, 5) is 26.5. The van der Waals surface area contributed by atoms with E-state index >= 15 is 0 Å². The van der Waals surface area contributed by atoms with Crippen LogP contribution in [0.1, 0.15) is 22.5 Å². The van der Waals surface area contributed by atoms with E-state index in [1.807, 2.05) is 48.5 Å². The van der Waals surface area contributed by atoms with Crippen LogP contribution in [0, 0.1) is 5.82 Å². The van der Waals surface area contributed by atoms with E-state index in [4.69, 9.17) is 0 Å². The SMILES string of the molecule is CN(CCCc1cc(-c2cccc(F)c2)n[nH]1)C(=O)CNC(=O)c1ccc(-c2ccccc2)cc1. The number of carbonyl (C=O) groups is 2. The predicted octanol–water partition coefficient (Wildman–Crippen LogP) is 4.70. The molecule has 0 aliphatic rings. The van der Waals surface area contributed by atoms with Crippen LogP contribution < -0.4 is 5.32 Å². The fourth-order valence-electron chi connectivity index (χ4n) is 3.75. The van der Waals surface area contributed by atoms with Gasteiger partial charge in [-0.05, 0) is 54.3 Å². The van der Waals surface area contributed by atoms with Crippen LogP contribution in [0.25, 0.3) is 22.4 Å². The summed E-state index contributed by atoms with van der Waals surface area (Å²) in [6, 6.07) is 25.4. The fraction of sp³-hybridized carbons (Fsp3) is 0.179. The first-order valence-corrected chi connectivity index (χ1v) is 11.5. The number of aromatic amines is 1. The molecule has 4 aromatic rings. The molecule has 2 amide bonds. The molecular formula is C28H27FN4O2. The quantitative estimate of drug-likeness (QED) is 0.372. The number of hydrogen-bond acceptors (Lipinski definition) is 3. The maximum atomic E-state index is 13.4. The van der Waals surface area contributed by atoms with E-state index in [0.29, 0.717) is 29.8 Å². The number of hydrogen-bond donors (Lipinski definition) is 2. The van der Waals surface area contributed by atoms with E-state index in [0.717, 1.165) is 23.2 Å². The van der Waals surface area contributed by atoms with Crippen molar-refractivity contribution in [2.45, 2.75) is 12.8 Å².